The van der Waals surface area contributed by atoms with Gasteiger partial charge in [-0.05, 0) is 20.1 Å². The minimum absolute atomic E-state index is 0.126. The molecule has 0 aromatic carbocycles. The summed E-state index contributed by atoms with van der Waals surface area (Å²) in [6.07, 6.45) is 2.74. The van der Waals surface area contributed by atoms with Gasteiger partial charge in [0.15, 0.2) is 11.5 Å². The highest BCUT2D eigenvalue weighted by Crippen LogP contribution is 2.48. The first kappa shape index (κ1) is 15.6. The third-order valence-corrected chi connectivity index (χ3v) is 4.61. The summed E-state index contributed by atoms with van der Waals surface area (Å²) in [5, 5.41) is 3.78. The van der Waals surface area contributed by atoms with Crippen LogP contribution in [0, 0.1) is 17.8 Å². The van der Waals surface area contributed by atoms with Crippen LogP contribution in [-0.2, 0) is 4.79 Å². The number of aryl methyl sites for hydroxylation is 1. The Kier molecular flexibility index (Phi) is 3.50. The van der Waals surface area contributed by atoms with Gasteiger partial charge in [0.05, 0.1) is 6.54 Å². The van der Waals surface area contributed by atoms with Crippen molar-refractivity contribution in [1.29, 1.82) is 0 Å². The number of nitrogens with zero attached hydrogens (tertiary/aromatic N) is 3. The smallest absolute Gasteiger partial charge is 0.276 e. The molecule has 2 aliphatic rings. The molecule has 1 saturated heterocycles. The highest BCUT2D eigenvalue weighted by atomic mass is 16.5. The number of hydrogen-bond donors (Lipinski definition) is 0. The van der Waals surface area contributed by atoms with Gasteiger partial charge in [0.1, 0.15) is 5.76 Å². The lowest BCUT2D eigenvalue weighted by Gasteiger charge is -2.53. The number of hydrogen-bond acceptors (Lipinski definition) is 5. The Balaban J connectivity index is 1.79. The van der Waals surface area contributed by atoms with Crippen molar-refractivity contribution >= 4 is 18.4 Å². The molecule has 2 heterocycles. The normalized spacial score (nSPS) is 21.8. The Bertz CT molecular complexity index is 708. The topological polar surface area (TPSA) is 75.8 Å². The van der Waals surface area contributed by atoms with Crippen molar-refractivity contribution in [2.24, 2.45) is 15.8 Å². The average Bonchev–Trinajstić information content (AvgIpc) is 2.87. The molecule has 1 aromatic heterocycles. The Hall–Kier alpha value is -2.24. The molecule has 1 amide bonds. The van der Waals surface area contributed by atoms with Crippen molar-refractivity contribution in [3.8, 4) is 0 Å². The van der Waals surface area contributed by atoms with Crippen molar-refractivity contribution in [2.45, 2.75) is 27.2 Å². The van der Waals surface area contributed by atoms with Crippen LogP contribution in [-0.4, -0.2) is 48.1 Å². The van der Waals surface area contributed by atoms with Crippen LogP contribution in [0.2, 0.25) is 0 Å². The first-order valence-electron chi connectivity index (χ1n) is 7.68. The van der Waals surface area contributed by atoms with Gasteiger partial charge in [0.25, 0.3) is 5.91 Å². The molecule has 0 atom stereocenters. The maximum absolute atomic E-state index is 12.4. The van der Waals surface area contributed by atoms with Crippen LogP contribution < -0.4 is 0 Å². The molecule has 1 fully saturated rings. The molecular formula is C17H21N3O3. The van der Waals surface area contributed by atoms with Crippen LogP contribution in [0.25, 0.3) is 0 Å². The predicted octanol–water partition coefficient (Wildman–Crippen LogP) is 2.05. The van der Waals surface area contributed by atoms with Crippen molar-refractivity contribution in [2.75, 3.05) is 19.6 Å². The van der Waals surface area contributed by atoms with E-state index in [-0.39, 0.29) is 17.1 Å². The summed E-state index contributed by atoms with van der Waals surface area (Å²) in [7, 11) is 0. The number of amides is 1. The van der Waals surface area contributed by atoms with Crippen molar-refractivity contribution in [3.63, 3.8) is 0 Å². The molecule has 1 aliphatic carbocycles. The molecule has 1 spiro atoms. The van der Waals surface area contributed by atoms with E-state index in [4.69, 9.17) is 4.52 Å². The van der Waals surface area contributed by atoms with Crippen LogP contribution in [0.5, 0.6) is 0 Å². The van der Waals surface area contributed by atoms with E-state index in [1.165, 1.54) is 0 Å². The zero-order chi connectivity index (χ0) is 16.8. The molecule has 122 valence electrons. The van der Waals surface area contributed by atoms with Gasteiger partial charge in [-0.25, -0.2) is 0 Å². The highest BCUT2D eigenvalue weighted by molar-refractivity contribution is 6.01. The van der Waals surface area contributed by atoms with E-state index in [1.54, 1.807) is 17.9 Å². The van der Waals surface area contributed by atoms with E-state index in [9.17, 15) is 9.59 Å². The first-order valence-corrected chi connectivity index (χ1v) is 7.68. The van der Waals surface area contributed by atoms with Crippen LogP contribution >= 0.6 is 0 Å². The number of carbonyl (C=O) groups excluding carboxylic acids is 2. The number of aromatic nitrogens is 1. The second-order valence-corrected chi connectivity index (χ2v) is 7.29. The fourth-order valence-corrected chi connectivity index (χ4v) is 3.81. The molecule has 23 heavy (non-hydrogen) atoms. The summed E-state index contributed by atoms with van der Waals surface area (Å²) < 4.78 is 4.96. The van der Waals surface area contributed by atoms with E-state index >= 15 is 0 Å². The van der Waals surface area contributed by atoms with Gasteiger partial charge in [0.2, 0.25) is 0 Å². The van der Waals surface area contributed by atoms with E-state index in [0.717, 1.165) is 6.42 Å². The van der Waals surface area contributed by atoms with Gasteiger partial charge in [-0.2, -0.15) is 0 Å². The van der Waals surface area contributed by atoms with E-state index in [2.05, 4.69) is 16.9 Å². The number of carbonyl (C=O) groups is 2. The fraction of sp³-hybridized carbons (Fsp3) is 0.529. The molecule has 6 heteroatoms. The van der Waals surface area contributed by atoms with Gasteiger partial charge in [-0.15, -0.1) is 0 Å². The summed E-state index contributed by atoms with van der Waals surface area (Å²) >= 11 is 0. The lowest BCUT2D eigenvalue weighted by molar-refractivity contribution is -0.127. The number of rotatable bonds is 3. The Morgan fingerprint density at radius 1 is 1.48 bits per heavy atom. The van der Waals surface area contributed by atoms with Crippen molar-refractivity contribution < 1.29 is 14.1 Å². The van der Waals surface area contributed by atoms with Crippen molar-refractivity contribution in [1.82, 2.24) is 10.1 Å². The molecule has 0 radical (unpaired) electrons. The largest absolute Gasteiger partial charge is 0.361 e. The van der Waals surface area contributed by atoms with Gasteiger partial charge in [0, 0.05) is 35.6 Å². The zero-order valence-corrected chi connectivity index (χ0v) is 13.8. The van der Waals surface area contributed by atoms with Crippen LogP contribution in [0.1, 0.15) is 36.5 Å². The molecule has 6 nitrogen and oxygen atoms in total. The average molecular weight is 315 g/mol. The van der Waals surface area contributed by atoms with E-state index in [0.29, 0.717) is 36.7 Å². The van der Waals surface area contributed by atoms with Crippen LogP contribution in [0.3, 0.4) is 0 Å². The third kappa shape index (κ3) is 2.62. The van der Waals surface area contributed by atoms with Crippen molar-refractivity contribution in [3.05, 3.63) is 29.2 Å². The quantitative estimate of drug-likeness (QED) is 0.800. The van der Waals surface area contributed by atoms with Gasteiger partial charge >= 0.3 is 0 Å². The van der Waals surface area contributed by atoms with E-state index in [1.807, 2.05) is 19.9 Å². The minimum atomic E-state index is -0.436. The fourth-order valence-electron chi connectivity index (χ4n) is 3.81. The minimum Gasteiger partial charge on any atom is -0.361 e. The lowest BCUT2D eigenvalue weighted by Crippen LogP contribution is -2.61. The summed E-state index contributed by atoms with van der Waals surface area (Å²) in [4.78, 5) is 30.4. The summed E-state index contributed by atoms with van der Waals surface area (Å²) in [6, 6.07) is 1.64. The summed E-state index contributed by atoms with van der Waals surface area (Å²) in [6.45, 7) is 10.7. The van der Waals surface area contributed by atoms with Crippen LogP contribution in [0.15, 0.2) is 27.2 Å². The Morgan fingerprint density at radius 2 is 2.17 bits per heavy atom. The third-order valence-electron chi connectivity index (χ3n) is 4.61. The Labute approximate surface area is 135 Å². The molecule has 1 aromatic rings. The number of ketones is 1. The molecule has 1 aliphatic heterocycles. The molecule has 3 rings (SSSR count). The Morgan fingerprint density at radius 3 is 2.74 bits per heavy atom. The number of likely N-dealkylation sites (tertiary alicyclic amines) is 1. The van der Waals surface area contributed by atoms with Crippen LogP contribution in [0.4, 0.5) is 0 Å². The second-order valence-electron chi connectivity index (χ2n) is 7.29. The highest BCUT2D eigenvalue weighted by Gasteiger charge is 2.52. The van der Waals surface area contributed by atoms with Gasteiger partial charge < -0.3 is 9.42 Å². The summed E-state index contributed by atoms with van der Waals surface area (Å²) in [5.74, 6) is 0.624. The maximum Gasteiger partial charge on any atom is 0.276 e. The monoisotopic (exact) mass is 315 g/mol. The maximum atomic E-state index is 12.4. The van der Waals surface area contributed by atoms with Gasteiger partial charge in [-0.3, -0.25) is 14.6 Å². The molecule has 0 N–H and O–H groups in total. The van der Waals surface area contributed by atoms with Gasteiger partial charge in [-0.1, -0.05) is 25.1 Å². The molecule has 0 unspecified atom stereocenters. The second kappa shape index (κ2) is 5.15. The number of aliphatic imine (C=N–C) groups is 1. The zero-order valence-electron chi connectivity index (χ0n) is 13.8. The molecule has 0 bridgehead atoms. The molecular weight excluding hydrogens is 294 g/mol. The first-order chi connectivity index (χ1) is 10.8. The number of Topliss-reactive ketones (excluding diaryl/α,β-unsaturated/α-hetero) is 1. The lowest BCUT2D eigenvalue weighted by atomic mass is 9.61. The predicted molar refractivity (Wildman–Crippen MR) is 85.5 cm³/mol. The standard InChI is InChI=1S/C17H21N3O3/c1-11-5-13(19-23-11)15(22)20-9-17(10-20)6-12(7-18-4)14(21)16(2,3)8-17/h5-6H,4,7-10H2,1-3H3. The summed E-state index contributed by atoms with van der Waals surface area (Å²) in [5.41, 5.74) is 0.460. The van der Waals surface area contributed by atoms with E-state index < -0.39 is 5.41 Å². The molecule has 0 saturated carbocycles. The SMILES string of the molecule is C=NCC1=CC2(CN(C(=O)c3cc(C)on3)C2)CC(C)(C)C1=O.